The summed E-state index contributed by atoms with van der Waals surface area (Å²) >= 11 is 0. The first-order chi connectivity index (χ1) is 11.8. The minimum absolute atomic E-state index is 0.176. The number of hydrogen-bond donors (Lipinski definition) is 1. The average Bonchev–Trinajstić information content (AvgIpc) is 2.62. The number of esters is 1. The van der Waals surface area contributed by atoms with Gasteiger partial charge in [0.25, 0.3) is 0 Å². The second kappa shape index (κ2) is 7.93. The summed E-state index contributed by atoms with van der Waals surface area (Å²) in [5.74, 6) is -0.176. The molecule has 3 aromatic rings. The van der Waals surface area contributed by atoms with Gasteiger partial charge < -0.3 is 9.84 Å². The molecule has 0 radical (unpaired) electrons. The fraction of sp³-hybridized carbons (Fsp3) is 0.286. The van der Waals surface area contributed by atoms with E-state index >= 15 is 0 Å². The monoisotopic (exact) mass is 322 g/mol. The number of unbranched alkanes of at least 4 members (excludes halogenated alkanes) is 2. The quantitative estimate of drug-likeness (QED) is 0.393. The number of fused-ring (bicyclic) bond motifs is 2. The number of hydrogen-bond acceptors (Lipinski definition) is 3. The van der Waals surface area contributed by atoms with Gasteiger partial charge in [0.2, 0.25) is 0 Å². The number of ether oxygens (including phenoxy) is 1. The first-order valence-corrected chi connectivity index (χ1v) is 8.45. The lowest BCUT2D eigenvalue weighted by molar-refractivity contribution is -0.145. The van der Waals surface area contributed by atoms with Gasteiger partial charge in [0, 0.05) is 18.6 Å². The maximum Gasteiger partial charge on any atom is 0.306 e. The summed E-state index contributed by atoms with van der Waals surface area (Å²) in [4.78, 5) is 12.0. The van der Waals surface area contributed by atoms with Crippen LogP contribution in [0, 0.1) is 0 Å². The smallest absolute Gasteiger partial charge is 0.306 e. The van der Waals surface area contributed by atoms with E-state index in [1.807, 2.05) is 24.3 Å². The largest absolute Gasteiger partial charge is 0.461 e. The number of aliphatic hydroxyl groups excluding tert-OH is 1. The molecule has 0 aliphatic heterocycles. The predicted molar refractivity (Wildman–Crippen MR) is 96.8 cm³/mol. The van der Waals surface area contributed by atoms with Crippen molar-refractivity contribution in [2.24, 2.45) is 0 Å². The van der Waals surface area contributed by atoms with Crippen molar-refractivity contribution in [2.75, 3.05) is 6.61 Å². The summed E-state index contributed by atoms with van der Waals surface area (Å²) in [6.45, 7) is 0.470. The molecule has 0 heterocycles. The lowest BCUT2D eigenvalue weighted by atomic mass is 9.97. The van der Waals surface area contributed by atoms with Crippen LogP contribution < -0.4 is 0 Å². The lowest BCUT2D eigenvalue weighted by Gasteiger charge is -2.12. The normalized spacial score (nSPS) is 11.0. The Kier molecular flexibility index (Phi) is 5.44. The molecule has 24 heavy (non-hydrogen) atoms. The van der Waals surface area contributed by atoms with Gasteiger partial charge in [-0.15, -0.1) is 0 Å². The van der Waals surface area contributed by atoms with Crippen LogP contribution in [-0.2, 0) is 16.1 Å². The second-order valence-corrected chi connectivity index (χ2v) is 5.99. The lowest BCUT2D eigenvalue weighted by Crippen LogP contribution is -2.05. The summed E-state index contributed by atoms with van der Waals surface area (Å²) in [7, 11) is 0. The fourth-order valence-electron chi connectivity index (χ4n) is 3.05. The van der Waals surface area contributed by atoms with E-state index in [0.29, 0.717) is 13.0 Å². The third kappa shape index (κ3) is 3.74. The molecule has 0 aliphatic rings. The molecule has 0 saturated heterocycles. The van der Waals surface area contributed by atoms with Gasteiger partial charge in [0.1, 0.15) is 6.61 Å². The fourth-order valence-corrected chi connectivity index (χ4v) is 3.05. The van der Waals surface area contributed by atoms with E-state index in [4.69, 9.17) is 9.84 Å². The molecule has 1 N–H and O–H groups in total. The molecule has 0 saturated carbocycles. The standard InChI is InChI=1S/C21H22O3/c22-13-7-1-2-12-21(23)24-15-20-18-10-5-3-8-16(18)14-17-9-4-6-11-19(17)20/h3-6,8-11,14,22H,1-2,7,12-13,15H2. The number of aliphatic hydroxyl groups is 1. The number of rotatable bonds is 7. The molecule has 0 bridgehead atoms. The molecule has 124 valence electrons. The van der Waals surface area contributed by atoms with E-state index in [-0.39, 0.29) is 12.6 Å². The predicted octanol–water partition coefficient (Wildman–Crippen LogP) is 4.59. The maximum absolute atomic E-state index is 12.0. The highest BCUT2D eigenvalue weighted by molar-refractivity contribution is 6.02. The van der Waals surface area contributed by atoms with Crippen LogP contribution in [0.25, 0.3) is 21.5 Å². The molecule has 0 aromatic heterocycles. The zero-order valence-corrected chi connectivity index (χ0v) is 13.7. The van der Waals surface area contributed by atoms with Crippen molar-refractivity contribution >= 4 is 27.5 Å². The number of carbonyl (C=O) groups excluding carboxylic acids is 1. The highest BCUT2D eigenvalue weighted by atomic mass is 16.5. The second-order valence-electron chi connectivity index (χ2n) is 5.99. The van der Waals surface area contributed by atoms with Crippen molar-refractivity contribution in [1.82, 2.24) is 0 Å². The van der Waals surface area contributed by atoms with E-state index in [0.717, 1.165) is 46.4 Å². The van der Waals surface area contributed by atoms with Gasteiger partial charge in [-0.2, -0.15) is 0 Å². The highest BCUT2D eigenvalue weighted by Crippen LogP contribution is 2.29. The van der Waals surface area contributed by atoms with E-state index in [9.17, 15) is 4.79 Å². The first kappa shape index (κ1) is 16.5. The summed E-state index contributed by atoms with van der Waals surface area (Å²) in [5, 5.41) is 13.3. The highest BCUT2D eigenvalue weighted by Gasteiger charge is 2.10. The molecule has 3 nitrogen and oxygen atoms in total. The molecule has 3 aromatic carbocycles. The van der Waals surface area contributed by atoms with E-state index in [1.54, 1.807) is 0 Å². The third-order valence-corrected chi connectivity index (χ3v) is 4.30. The van der Waals surface area contributed by atoms with Gasteiger partial charge in [-0.25, -0.2) is 0 Å². The van der Waals surface area contributed by atoms with E-state index in [2.05, 4.69) is 30.3 Å². The topological polar surface area (TPSA) is 46.5 Å². The Morgan fingerprint density at radius 2 is 1.50 bits per heavy atom. The van der Waals surface area contributed by atoms with Crippen LogP contribution in [0.5, 0.6) is 0 Å². The molecule has 0 aliphatic carbocycles. The summed E-state index contributed by atoms with van der Waals surface area (Å²) in [6.07, 6.45) is 2.75. The van der Waals surface area contributed by atoms with Gasteiger partial charge in [-0.1, -0.05) is 55.0 Å². The minimum atomic E-state index is -0.176. The zero-order valence-electron chi connectivity index (χ0n) is 13.7. The Balaban J connectivity index is 1.80. The van der Waals surface area contributed by atoms with Gasteiger partial charge in [-0.05, 0) is 40.5 Å². The van der Waals surface area contributed by atoms with Crippen LogP contribution in [0.15, 0.2) is 54.6 Å². The first-order valence-electron chi connectivity index (χ1n) is 8.45. The van der Waals surface area contributed by atoms with E-state index < -0.39 is 0 Å². The van der Waals surface area contributed by atoms with Crippen LogP contribution >= 0.6 is 0 Å². The molecule has 0 unspecified atom stereocenters. The molecule has 3 heteroatoms. The van der Waals surface area contributed by atoms with Crippen LogP contribution in [0.4, 0.5) is 0 Å². The minimum Gasteiger partial charge on any atom is -0.461 e. The number of carbonyl (C=O) groups is 1. The van der Waals surface area contributed by atoms with Crippen molar-refractivity contribution in [2.45, 2.75) is 32.3 Å². The molecule has 0 fully saturated rings. The SMILES string of the molecule is O=C(CCCCCO)OCc1c2ccccc2cc2ccccc12. The van der Waals surface area contributed by atoms with Gasteiger partial charge >= 0.3 is 5.97 Å². The van der Waals surface area contributed by atoms with Crippen molar-refractivity contribution in [3.8, 4) is 0 Å². The van der Waals surface area contributed by atoms with Crippen LogP contribution in [0.3, 0.4) is 0 Å². The Bertz CT molecular complexity index is 785. The van der Waals surface area contributed by atoms with Crippen LogP contribution in [0.1, 0.15) is 31.2 Å². The maximum atomic E-state index is 12.0. The zero-order chi connectivity index (χ0) is 16.8. The average molecular weight is 322 g/mol. The van der Waals surface area contributed by atoms with Gasteiger partial charge in [0.15, 0.2) is 0 Å². The summed E-state index contributed by atoms with van der Waals surface area (Å²) in [5.41, 5.74) is 1.06. The molecular weight excluding hydrogens is 300 g/mol. The Morgan fingerprint density at radius 1 is 0.875 bits per heavy atom. The molecule has 0 atom stereocenters. The Morgan fingerprint density at radius 3 is 2.12 bits per heavy atom. The van der Waals surface area contributed by atoms with Crippen molar-refractivity contribution in [3.05, 3.63) is 60.2 Å². The third-order valence-electron chi connectivity index (χ3n) is 4.30. The Labute approximate surface area is 141 Å². The molecular formula is C21H22O3. The van der Waals surface area contributed by atoms with Crippen molar-refractivity contribution in [1.29, 1.82) is 0 Å². The summed E-state index contributed by atoms with van der Waals surface area (Å²) < 4.78 is 5.52. The van der Waals surface area contributed by atoms with Crippen molar-refractivity contribution in [3.63, 3.8) is 0 Å². The van der Waals surface area contributed by atoms with Crippen LogP contribution in [0.2, 0.25) is 0 Å². The molecule has 3 rings (SSSR count). The molecule has 0 amide bonds. The van der Waals surface area contributed by atoms with Gasteiger partial charge in [0.05, 0.1) is 0 Å². The van der Waals surface area contributed by atoms with Crippen LogP contribution in [-0.4, -0.2) is 17.7 Å². The Hall–Kier alpha value is -2.39. The summed E-state index contributed by atoms with van der Waals surface area (Å²) in [6, 6.07) is 18.6. The van der Waals surface area contributed by atoms with E-state index in [1.165, 1.54) is 0 Å². The number of benzene rings is 3. The van der Waals surface area contributed by atoms with Crippen molar-refractivity contribution < 1.29 is 14.6 Å². The van der Waals surface area contributed by atoms with Gasteiger partial charge in [-0.3, -0.25) is 4.79 Å². The molecule has 0 spiro atoms.